The summed E-state index contributed by atoms with van der Waals surface area (Å²) in [6, 6.07) is 0. The Hall–Kier alpha value is 0.540. The summed E-state index contributed by atoms with van der Waals surface area (Å²) >= 11 is 9.78. The fraction of sp³-hybridized carbons (Fsp3) is 0.895. The van der Waals surface area contributed by atoms with Crippen molar-refractivity contribution in [2.75, 3.05) is 35.6 Å². The third-order valence-corrected chi connectivity index (χ3v) is 10.1. The Bertz CT molecular complexity index is 486. The second-order valence-corrected chi connectivity index (χ2v) is 12.2. The van der Waals surface area contributed by atoms with Crippen LogP contribution in [0.5, 0.6) is 0 Å². The lowest BCUT2D eigenvalue weighted by molar-refractivity contribution is 0.269. The lowest BCUT2D eigenvalue weighted by Gasteiger charge is -2.39. The van der Waals surface area contributed by atoms with Gasteiger partial charge in [-0.25, -0.2) is 8.42 Å². The fourth-order valence-corrected chi connectivity index (χ4v) is 8.21. The number of halogens is 2. The predicted molar refractivity (Wildman–Crippen MR) is 121 cm³/mol. The molecule has 0 N–H and O–H groups in total. The summed E-state index contributed by atoms with van der Waals surface area (Å²) in [5.41, 5.74) is 0. The van der Waals surface area contributed by atoms with E-state index in [2.05, 4.69) is 6.92 Å². The van der Waals surface area contributed by atoms with Crippen molar-refractivity contribution in [2.45, 2.75) is 71.6 Å². The molecule has 0 aromatic heterocycles. The largest absolute Gasteiger partial charge is 0.291 e. The molecule has 0 saturated carbocycles. The highest BCUT2D eigenvalue weighted by molar-refractivity contribution is 8.16. The van der Waals surface area contributed by atoms with Crippen molar-refractivity contribution in [1.29, 1.82) is 0 Å². The molecule has 27 heavy (non-hydrogen) atoms. The summed E-state index contributed by atoms with van der Waals surface area (Å²) in [6.07, 6.45) is 13.6. The van der Waals surface area contributed by atoms with Gasteiger partial charge in [0.1, 0.15) is 9.63 Å². The fourth-order valence-electron chi connectivity index (χ4n) is 2.67. The molecule has 0 heterocycles. The molecule has 1 atom stereocenters. The molecule has 8 heteroatoms. The molecule has 0 saturated heterocycles. The van der Waals surface area contributed by atoms with Crippen LogP contribution in [0.2, 0.25) is 0 Å². The number of unbranched alkanes of at least 4 members (excludes halogenated alkanes) is 7. The van der Waals surface area contributed by atoms with Crippen LogP contribution in [0.25, 0.3) is 0 Å². The van der Waals surface area contributed by atoms with Crippen LogP contribution in [-0.2, 0) is 28.5 Å². The summed E-state index contributed by atoms with van der Waals surface area (Å²) in [7, 11) is -4.01. The molecule has 0 fully saturated rings. The first-order valence-electron chi connectivity index (χ1n) is 10.0. The van der Waals surface area contributed by atoms with E-state index < -0.39 is 20.7 Å². The number of hydrogen-bond acceptors (Lipinski definition) is 4. The lowest BCUT2D eigenvalue weighted by atomic mass is 10.1. The quantitative estimate of drug-likeness (QED) is 0.135. The van der Waals surface area contributed by atoms with Gasteiger partial charge >= 0.3 is 0 Å². The second kappa shape index (κ2) is 16.3. The highest BCUT2D eigenvalue weighted by Gasteiger charge is 2.40. The van der Waals surface area contributed by atoms with E-state index in [9.17, 15) is 8.42 Å². The first-order valence-corrected chi connectivity index (χ1v) is 14.5. The Labute approximate surface area is 179 Å². The number of rotatable bonds is 19. The van der Waals surface area contributed by atoms with Crippen LogP contribution in [0.4, 0.5) is 0 Å². The maximum atomic E-state index is 13.8. The van der Waals surface area contributed by atoms with Gasteiger partial charge < -0.3 is 0 Å². The molecule has 0 aromatic rings. The van der Waals surface area contributed by atoms with E-state index in [4.69, 9.17) is 31.0 Å². The Morgan fingerprint density at radius 3 is 2.15 bits per heavy atom. The van der Waals surface area contributed by atoms with E-state index in [1.165, 1.54) is 32.1 Å². The molecular weight excluding hydrogens is 427 g/mol. The van der Waals surface area contributed by atoms with E-state index in [1.807, 2.05) is 19.1 Å². The average molecular weight is 466 g/mol. The monoisotopic (exact) mass is 464 g/mol. The van der Waals surface area contributed by atoms with Crippen LogP contribution in [0.15, 0.2) is 12.2 Å². The highest BCUT2D eigenvalue weighted by atomic mass is 35.5. The van der Waals surface area contributed by atoms with Gasteiger partial charge in [0.2, 0.25) is 0 Å². The average Bonchev–Trinajstić information content (AvgIpc) is 2.61. The van der Waals surface area contributed by atoms with Gasteiger partial charge in [-0.2, -0.15) is 3.63 Å². The van der Waals surface area contributed by atoms with Crippen molar-refractivity contribution >= 4 is 43.9 Å². The van der Waals surface area contributed by atoms with Crippen LogP contribution < -0.4 is 0 Å². The zero-order valence-electron chi connectivity index (χ0n) is 17.0. The summed E-state index contributed by atoms with van der Waals surface area (Å²) in [5.74, 6) is 0.615. The van der Waals surface area contributed by atoms with Gasteiger partial charge in [-0.05, 0) is 19.8 Å². The zero-order valence-corrected chi connectivity index (χ0v) is 20.1. The number of alkyl halides is 2. The van der Waals surface area contributed by atoms with Gasteiger partial charge in [0.05, 0.1) is 23.9 Å². The molecule has 0 spiro atoms. The van der Waals surface area contributed by atoms with Gasteiger partial charge in [-0.1, -0.05) is 64.0 Å². The third-order valence-electron chi connectivity index (χ3n) is 4.20. The van der Waals surface area contributed by atoms with Crippen molar-refractivity contribution in [2.24, 2.45) is 0 Å². The predicted octanol–water partition coefficient (Wildman–Crippen LogP) is 5.92. The van der Waals surface area contributed by atoms with Crippen LogP contribution in [-0.4, -0.2) is 44.0 Å². The minimum Gasteiger partial charge on any atom is -0.291 e. The van der Waals surface area contributed by atoms with E-state index >= 15 is 0 Å². The molecule has 0 aromatic carbocycles. The Morgan fingerprint density at radius 1 is 0.963 bits per heavy atom. The van der Waals surface area contributed by atoms with E-state index in [0.29, 0.717) is 13.0 Å². The van der Waals surface area contributed by atoms with Gasteiger partial charge in [-0.3, -0.25) is 4.18 Å². The van der Waals surface area contributed by atoms with Crippen molar-refractivity contribution in [3.8, 4) is 0 Å². The SMILES string of the molecule is CC=CCCS(=O)(CCCl)(OCCCCCCCCCC)OS(=O)CCCl. The maximum Gasteiger partial charge on any atom is 0.170 e. The Kier molecular flexibility index (Phi) is 16.7. The first-order chi connectivity index (χ1) is 12.9. The molecule has 0 aliphatic carbocycles. The van der Waals surface area contributed by atoms with Gasteiger partial charge in [0.15, 0.2) is 11.1 Å². The van der Waals surface area contributed by atoms with Crippen LogP contribution in [0.3, 0.4) is 0 Å². The van der Waals surface area contributed by atoms with Crippen molar-refractivity contribution in [3.05, 3.63) is 12.2 Å². The molecule has 0 aliphatic rings. The van der Waals surface area contributed by atoms with E-state index in [-0.39, 0.29) is 29.0 Å². The Morgan fingerprint density at radius 2 is 1.59 bits per heavy atom. The van der Waals surface area contributed by atoms with E-state index in [1.54, 1.807) is 0 Å². The summed E-state index contributed by atoms with van der Waals surface area (Å²) in [5, 5.41) is 0. The second-order valence-electron chi connectivity index (χ2n) is 6.63. The van der Waals surface area contributed by atoms with Crippen LogP contribution in [0.1, 0.15) is 71.6 Å². The molecule has 0 bridgehead atoms. The molecular formula is C19H38Cl2O4S2. The zero-order chi connectivity index (χ0) is 20.5. The molecule has 164 valence electrons. The molecule has 0 aliphatic heterocycles. The third kappa shape index (κ3) is 13.4. The minimum atomic E-state index is -4.01. The van der Waals surface area contributed by atoms with Crippen LogP contribution >= 0.6 is 23.2 Å². The topological polar surface area (TPSA) is 52.6 Å². The number of hydrogen-bond donors (Lipinski definition) is 0. The van der Waals surface area contributed by atoms with Crippen molar-refractivity contribution < 1.29 is 16.2 Å². The normalized spacial score (nSPS) is 15.0. The molecule has 1 unspecified atom stereocenters. The minimum absolute atomic E-state index is 0.0430. The summed E-state index contributed by atoms with van der Waals surface area (Å²) < 4.78 is 37.2. The lowest BCUT2D eigenvalue weighted by Crippen LogP contribution is -2.46. The maximum absolute atomic E-state index is 13.8. The smallest absolute Gasteiger partial charge is 0.170 e. The molecule has 0 radical (unpaired) electrons. The van der Waals surface area contributed by atoms with Crippen LogP contribution in [0, 0.1) is 0 Å². The highest BCUT2D eigenvalue weighted by Crippen LogP contribution is 2.33. The van der Waals surface area contributed by atoms with Gasteiger partial charge in [0, 0.05) is 11.8 Å². The molecule has 0 amide bonds. The molecule has 4 nitrogen and oxygen atoms in total. The van der Waals surface area contributed by atoms with E-state index in [0.717, 1.165) is 19.3 Å². The Balaban J connectivity index is 4.67. The summed E-state index contributed by atoms with van der Waals surface area (Å²) in [4.78, 5) is 0. The van der Waals surface area contributed by atoms with Gasteiger partial charge in [-0.15, -0.1) is 23.2 Å². The standard InChI is InChI=1S/C19H38Cl2O4S2/c1-3-5-7-8-9-10-11-12-16-24-27(23,19-15-21,18-13-6-4-2)25-26(22)17-14-20/h4,6H,3,5,7-19H2,1-2H3. The summed E-state index contributed by atoms with van der Waals surface area (Å²) in [6.45, 7) is 4.43. The first kappa shape index (κ1) is 27.5. The van der Waals surface area contributed by atoms with Crippen molar-refractivity contribution in [3.63, 3.8) is 0 Å². The number of allylic oxidation sites excluding steroid dienone is 2. The van der Waals surface area contributed by atoms with Gasteiger partial charge in [0.25, 0.3) is 0 Å². The van der Waals surface area contributed by atoms with Crippen molar-refractivity contribution in [1.82, 2.24) is 0 Å². The molecule has 0 rings (SSSR count).